The highest BCUT2D eigenvalue weighted by molar-refractivity contribution is 6.16. The molecule has 0 heterocycles. The zero-order valence-electron chi connectivity index (χ0n) is 10.1. The molecule has 0 aliphatic carbocycles. The van der Waals surface area contributed by atoms with Crippen LogP contribution in [0.2, 0.25) is 0 Å². The lowest BCUT2D eigenvalue weighted by molar-refractivity contribution is -0.384. The highest BCUT2D eigenvalue weighted by Gasteiger charge is 2.16. The van der Waals surface area contributed by atoms with Crippen LogP contribution in [0.15, 0.2) is 47.6 Å². The number of hydrogen-bond acceptors (Lipinski definition) is 5. The van der Waals surface area contributed by atoms with Gasteiger partial charge in [-0.3, -0.25) is 10.1 Å². The molecule has 0 aliphatic rings. The Morgan fingerprint density at radius 3 is 2.35 bits per heavy atom. The van der Waals surface area contributed by atoms with Crippen LogP contribution in [-0.2, 0) is 0 Å². The molecular formula is C14H8N2O4. The van der Waals surface area contributed by atoms with Crippen molar-refractivity contribution in [3.05, 3.63) is 57.5 Å². The number of fused-ring (bicyclic) bond motifs is 3. The van der Waals surface area contributed by atoms with Crippen molar-refractivity contribution >= 4 is 32.9 Å². The third-order valence-electron chi connectivity index (χ3n) is 3.26. The van der Waals surface area contributed by atoms with Gasteiger partial charge in [0.05, 0.1) is 4.92 Å². The van der Waals surface area contributed by atoms with E-state index in [0.717, 1.165) is 0 Å². The van der Waals surface area contributed by atoms with Crippen LogP contribution in [0.5, 0.6) is 5.75 Å². The van der Waals surface area contributed by atoms with Gasteiger partial charge in [0.25, 0.3) is 5.69 Å². The van der Waals surface area contributed by atoms with Crippen molar-refractivity contribution in [3.8, 4) is 5.75 Å². The molecule has 3 aromatic rings. The Labute approximate surface area is 112 Å². The second-order valence-electron chi connectivity index (χ2n) is 4.32. The minimum Gasteiger partial charge on any atom is -0.505 e. The molecule has 0 radical (unpaired) electrons. The molecule has 0 fully saturated rings. The van der Waals surface area contributed by atoms with Gasteiger partial charge in [0.1, 0.15) is 0 Å². The third-order valence-corrected chi connectivity index (χ3v) is 3.26. The number of nitroso groups, excluding NO2 is 1. The van der Waals surface area contributed by atoms with Crippen LogP contribution in [0, 0.1) is 15.0 Å². The summed E-state index contributed by atoms with van der Waals surface area (Å²) in [5.74, 6) is -0.211. The maximum atomic E-state index is 11.0. The van der Waals surface area contributed by atoms with E-state index in [0.29, 0.717) is 21.5 Å². The number of nitro benzene ring substituents is 1. The van der Waals surface area contributed by atoms with Crippen molar-refractivity contribution in [2.24, 2.45) is 5.18 Å². The lowest BCUT2D eigenvalue weighted by Crippen LogP contribution is -1.88. The zero-order valence-corrected chi connectivity index (χ0v) is 10.1. The van der Waals surface area contributed by atoms with Crippen molar-refractivity contribution in [2.75, 3.05) is 0 Å². The fourth-order valence-corrected chi connectivity index (χ4v) is 2.35. The van der Waals surface area contributed by atoms with E-state index in [9.17, 15) is 20.1 Å². The highest BCUT2D eigenvalue weighted by atomic mass is 16.6. The van der Waals surface area contributed by atoms with Gasteiger partial charge in [-0.05, 0) is 22.0 Å². The normalized spacial score (nSPS) is 10.8. The quantitative estimate of drug-likeness (QED) is 0.329. The van der Waals surface area contributed by atoms with Crippen molar-refractivity contribution in [2.45, 2.75) is 0 Å². The van der Waals surface area contributed by atoms with Gasteiger partial charge in [-0.25, -0.2) is 0 Å². The van der Waals surface area contributed by atoms with Crippen LogP contribution in [0.1, 0.15) is 0 Å². The lowest BCUT2D eigenvalue weighted by atomic mass is 9.99. The average molecular weight is 268 g/mol. The van der Waals surface area contributed by atoms with E-state index in [2.05, 4.69) is 5.18 Å². The highest BCUT2D eigenvalue weighted by Crippen LogP contribution is 2.43. The first kappa shape index (κ1) is 12.0. The van der Waals surface area contributed by atoms with Gasteiger partial charge >= 0.3 is 0 Å². The van der Waals surface area contributed by atoms with Gasteiger partial charge in [0, 0.05) is 22.9 Å². The minimum atomic E-state index is -0.505. The summed E-state index contributed by atoms with van der Waals surface area (Å²) >= 11 is 0. The van der Waals surface area contributed by atoms with E-state index in [-0.39, 0.29) is 17.1 Å². The van der Waals surface area contributed by atoms with Crippen LogP contribution in [0.3, 0.4) is 0 Å². The van der Waals surface area contributed by atoms with Gasteiger partial charge < -0.3 is 5.11 Å². The Balaban J connectivity index is 2.58. The summed E-state index contributed by atoms with van der Waals surface area (Å²) in [7, 11) is 0. The number of hydrogen-bond donors (Lipinski definition) is 1. The van der Waals surface area contributed by atoms with Crippen molar-refractivity contribution in [1.82, 2.24) is 0 Å². The molecule has 6 heteroatoms. The molecule has 0 aliphatic heterocycles. The summed E-state index contributed by atoms with van der Waals surface area (Å²) in [6.07, 6.45) is 0. The Bertz CT molecular complexity index is 874. The number of nitro groups is 1. The second kappa shape index (κ2) is 4.27. The molecule has 0 saturated heterocycles. The fraction of sp³-hybridized carbons (Fsp3) is 0. The van der Waals surface area contributed by atoms with Gasteiger partial charge in [0.2, 0.25) is 0 Å². The molecule has 0 atom stereocenters. The number of nitrogens with zero attached hydrogens (tertiary/aromatic N) is 2. The van der Waals surface area contributed by atoms with E-state index in [1.807, 2.05) is 0 Å². The number of rotatable bonds is 2. The standard InChI is InChI=1S/C14H8N2O4/c17-14-11-4-2-1-3-9(11)12-7-8(16(19)20)5-6-10(12)13(14)15-18/h1-7,17H. The minimum absolute atomic E-state index is 0.0785. The first-order valence-corrected chi connectivity index (χ1v) is 5.78. The Kier molecular flexibility index (Phi) is 2.57. The summed E-state index contributed by atoms with van der Waals surface area (Å²) < 4.78 is 0. The monoisotopic (exact) mass is 268 g/mol. The van der Waals surface area contributed by atoms with Gasteiger partial charge in [-0.2, -0.15) is 0 Å². The molecule has 3 aromatic carbocycles. The summed E-state index contributed by atoms with van der Waals surface area (Å²) in [6.45, 7) is 0. The number of phenols is 1. The SMILES string of the molecule is O=Nc1c(O)c2ccccc2c2cc([N+](=O)[O-])ccc12. The topological polar surface area (TPSA) is 92.8 Å². The van der Waals surface area contributed by atoms with Crippen molar-refractivity contribution in [1.29, 1.82) is 0 Å². The Morgan fingerprint density at radius 1 is 1.00 bits per heavy atom. The summed E-state index contributed by atoms with van der Waals surface area (Å²) in [5, 5.41) is 25.8. The maximum Gasteiger partial charge on any atom is 0.270 e. The van der Waals surface area contributed by atoms with Crippen LogP contribution in [0.4, 0.5) is 11.4 Å². The van der Waals surface area contributed by atoms with Gasteiger partial charge in [-0.15, -0.1) is 4.91 Å². The second-order valence-corrected chi connectivity index (χ2v) is 4.32. The summed E-state index contributed by atoms with van der Waals surface area (Å²) in [4.78, 5) is 21.3. The van der Waals surface area contributed by atoms with E-state index in [1.165, 1.54) is 18.2 Å². The van der Waals surface area contributed by atoms with Gasteiger partial charge in [-0.1, -0.05) is 24.3 Å². The van der Waals surface area contributed by atoms with Crippen LogP contribution in [-0.4, -0.2) is 10.0 Å². The fourth-order valence-electron chi connectivity index (χ4n) is 2.35. The molecular weight excluding hydrogens is 260 g/mol. The van der Waals surface area contributed by atoms with Crippen molar-refractivity contribution in [3.63, 3.8) is 0 Å². The molecule has 6 nitrogen and oxygen atoms in total. The first-order chi connectivity index (χ1) is 9.63. The van der Waals surface area contributed by atoms with E-state index < -0.39 is 4.92 Å². The predicted molar refractivity (Wildman–Crippen MR) is 75.2 cm³/mol. The average Bonchev–Trinajstić information content (AvgIpc) is 2.47. The number of non-ortho nitro benzene ring substituents is 1. The first-order valence-electron chi connectivity index (χ1n) is 5.78. The van der Waals surface area contributed by atoms with Crippen molar-refractivity contribution < 1.29 is 10.0 Å². The van der Waals surface area contributed by atoms with E-state index in [1.54, 1.807) is 24.3 Å². The third kappa shape index (κ3) is 1.58. The van der Waals surface area contributed by atoms with Crippen LogP contribution < -0.4 is 0 Å². The number of aromatic hydroxyl groups is 1. The number of phenolic OH excluding ortho intramolecular Hbond substituents is 1. The molecule has 0 aromatic heterocycles. The van der Waals surface area contributed by atoms with Gasteiger partial charge in [0.15, 0.2) is 11.4 Å². The molecule has 0 bridgehead atoms. The smallest absolute Gasteiger partial charge is 0.270 e. The zero-order chi connectivity index (χ0) is 14.3. The number of benzene rings is 3. The molecule has 3 rings (SSSR count). The van der Waals surface area contributed by atoms with Crippen LogP contribution in [0.25, 0.3) is 21.5 Å². The molecule has 20 heavy (non-hydrogen) atoms. The Morgan fingerprint density at radius 2 is 1.70 bits per heavy atom. The van der Waals surface area contributed by atoms with E-state index in [4.69, 9.17) is 0 Å². The molecule has 98 valence electrons. The van der Waals surface area contributed by atoms with Crippen LogP contribution >= 0.6 is 0 Å². The Hall–Kier alpha value is -3.02. The largest absolute Gasteiger partial charge is 0.505 e. The lowest BCUT2D eigenvalue weighted by Gasteiger charge is -2.08. The molecule has 0 amide bonds. The maximum absolute atomic E-state index is 11.0. The molecule has 0 saturated carbocycles. The molecule has 0 unspecified atom stereocenters. The summed E-state index contributed by atoms with van der Waals surface area (Å²) in [5.41, 5.74) is -0.182. The summed E-state index contributed by atoms with van der Waals surface area (Å²) in [6, 6.07) is 10.9. The predicted octanol–water partition coefficient (Wildman–Crippen LogP) is 4.00. The molecule has 1 N–H and O–H groups in total. The van der Waals surface area contributed by atoms with E-state index >= 15 is 0 Å². The molecule has 0 spiro atoms.